The summed E-state index contributed by atoms with van der Waals surface area (Å²) in [6.45, 7) is 4.70. The van der Waals surface area contributed by atoms with Crippen LogP contribution in [-0.2, 0) is 5.41 Å². The number of hydrogen-bond acceptors (Lipinski definition) is 4. The lowest BCUT2D eigenvalue weighted by atomic mass is 9.81. The first-order valence-electron chi connectivity index (χ1n) is 18.3. The van der Waals surface area contributed by atoms with Crippen molar-refractivity contribution in [1.29, 1.82) is 0 Å². The van der Waals surface area contributed by atoms with Crippen molar-refractivity contribution < 1.29 is 4.42 Å². The molecule has 0 radical (unpaired) electrons. The third kappa shape index (κ3) is 4.47. The Morgan fingerprint density at radius 1 is 0.604 bits per heavy atom. The molecule has 0 saturated heterocycles. The van der Waals surface area contributed by atoms with Crippen LogP contribution in [0.15, 0.2) is 156 Å². The Labute approximate surface area is 306 Å². The normalized spacial score (nSPS) is 15.8. The minimum atomic E-state index is -0.221. The van der Waals surface area contributed by atoms with Gasteiger partial charge in [-0.1, -0.05) is 135 Å². The van der Waals surface area contributed by atoms with E-state index in [-0.39, 0.29) is 11.3 Å². The Morgan fingerprint density at radius 2 is 1.40 bits per heavy atom. The van der Waals surface area contributed by atoms with Gasteiger partial charge in [-0.2, -0.15) is 9.97 Å². The topological polar surface area (TPSA) is 56.7 Å². The van der Waals surface area contributed by atoms with Crippen LogP contribution in [0.4, 0.5) is 0 Å². The fourth-order valence-corrected chi connectivity index (χ4v) is 8.69. The van der Waals surface area contributed by atoms with E-state index in [1.807, 2.05) is 30.3 Å². The molecule has 5 heteroatoms. The van der Waals surface area contributed by atoms with Gasteiger partial charge in [0, 0.05) is 44.0 Å². The van der Waals surface area contributed by atoms with Gasteiger partial charge in [-0.3, -0.25) is 4.57 Å². The molecular formula is C48H34N4O. The number of nitrogens with zero attached hydrogens (tertiary/aromatic N) is 4. The van der Waals surface area contributed by atoms with Gasteiger partial charge < -0.3 is 4.42 Å². The number of rotatable bonds is 4. The molecule has 3 aromatic heterocycles. The highest BCUT2D eigenvalue weighted by atomic mass is 16.3. The predicted octanol–water partition coefficient (Wildman–Crippen LogP) is 12.1. The summed E-state index contributed by atoms with van der Waals surface area (Å²) in [5.41, 5.74) is 12.2. The molecule has 3 heterocycles. The van der Waals surface area contributed by atoms with Gasteiger partial charge in [0.05, 0.1) is 11.0 Å². The summed E-state index contributed by atoms with van der Waals surface area (Å²) in [7, 11) is 0. The Kier molecular flexibility index (Phi) is 6.36. The van der Waals surface area contributed by atoms with Crippen LogP contribution < -0.4 is 0 Å². The maximum atomic E-state index is 6.47. The van der Waals surface area contributed by atoms with E-state index in [0.717, 1.165) is 61.9 Å². The average Bonchev–Trinajstić information content (AvgIpc) is 3.83. The van der Waals surface area contributed by atoms with E-state index in [1.54, 1.807) is 0 Å². The molecule has 0 bridgehead atoms. The van der Waals surface area contributed by atoms with Crippen molar-refractivity contribution in [2.24, 2.45) is 0 Å². The molecule has 6 aromatic carbocycles. The first-order chi connectivity index (χ1) is 26.0. The van der Waals surface area contributed by atoms with Crippen LogP contribution in [0, 0.1) is 0 Å². The van der Waals surface area contributed by atoms with Crippen LogP contribution in [0.2, 0.25) is 0 Å². The minimum absolute atomic E-state index is 0.0776. The standard InChI is InChI=1S/C48H34N4O/c1-48(2)39-26-31(32-20-13-21-36-35-19-10-12-23-43(35)53-44(32)36)24-25-33(39)37-28-42-38(27-40(37)48)34-18-9-11-22-41(34)52(42)47-50-45(29-14-5-3-6-15-29)49-46(51-47)30-16-7-4-8-17-30/h3-16,18-28,30H,17H2,1-2H3. The summed E-state index contributed by atoms with van der Waals surface area (Å²) in [6, 6.07) is 45.3. The van der Waals surface area contributed by atoms with Gasteiger partial charge in [-0.25, -0.2) is 4.98 Å². The lowest BCUT2D eigenvalue weighted by molar-refractivity contribution is 0.661. The number of furan rings is 1. The van der Waals surface area contributed by atoms with Gasteiger partial charge in [-0.15, -0.1) is 0 Å². The number of benzene rings is 6. The van der Waals surface area contributed by atoms with Gasteiger partial charge in [0.2, 0.25) is 5.95 Å². The van der Waals surface area contributed by atoms with Crippen molar-refractivity contribution in [3.05, 3.63) is 169 Å². The van der Waals surface area contributed by atoms with E-state index in [4.69, 9.17) is 19.4 Å². The van der Waals surface area contributed by atoms with Gasteiger partial charge in [-0.05, 0) is 64.6 Å². The van der Waals surface area contributed by atoms with Gasteiger partial charge >= 0.3 is 0 Å². The van der Waals surface area contributed by atoms with Gasteiger partial charge in [0.25, 0.3) is 0 Å². The molecule has 1 atom stereocenters. The van der Waals surface area contributed by atoms with E-state index in [0.29, 0.717) is 11.8 Å². The van der Waals surface area contributed by atoms with Crippen LogP contribution in [-0.4, -0.2) is 19.5 Å². The second-order valence-corrected chi connectivity index (χ2v) is 14.8. The molecule has 0 spiro atoms. The van der Waals surface area contributed by atoms with Crippen LogP contribution in [0.5, 0.6) is 0 Å². The summed E-state index contributed by atoms with van der Waals surface area (Å²) in [6.07, 6.45) is 9.40. The maximum Gasteiger partial charge on any atom is 0.238 e. The molecule has 2 aliphatic rings. The zero-order valence-corrected chi connectivity index (χ0v) is 29.4. The fourth-order valence-electron chi connectivity index (χ4n) is 8.69. The van der Waals surface area contributed by atoms with Crippen molar-refractivity contribution in [3.63, 3.8) is 0 Å². The largest absolute Gasteiger partial charge is 0.455 e. The minimum Gasteiger partial charge on any atom is -0.455 e. The Bertz CT molecular complexity index is 3020. The molecule has 53 heavy (non-hydrogen) atoms. The first kappa shape index (κ1) is 30.1. The van der Waals surface area contributed by atoms with E-state index in [9.17, 15) is 0 Å². The summed E-state index contributed by atoms with van der Waals surface area (Å²) < 4.78 is 8.71. The SMILES string of the molecule is CC1(C)c2cc(-c3cccc4c3oc3ccccc34)ccc2-c2cc3c(cc21)c1ccccc1n3-c1nc(-c2ccccc2)nc(C2C=CC=CC2)n1. The summed E-state index contributed by atoms with van der Waals surface area (Å²) >= 11 is 0. The van der Waals surface area contributed by atoms with E-state index >= 15 is 0 Å². The summed E-state index contributed by atoms with van der Waals surface area (Å²) in [5.74, 6) is 2.17. The average molecular weight is 683 g/mol. The molecule has 11 rings (SSSR count). The molecule has 0 saturated carbocycles. The Balaban J connectivity index is 1.12. The first-order valence-corrected chi connectivity index (χ1v) is 18.3. The quantitative estimate of drug-likeness (QED) is 0.185. The zero-order valence-electron chi connectivity index (χ0n) is 29.4. The van der Waals surface area contributed by atoms with Crippen LogP contribution in [0.1, 0.15) is 43.1 Å². The summed E-state index contributed by atoms with van der Waals surface area (Å²) in [5, 5.41) is 4.66. The fraction of sp³-hybridized carbons (Fsp3) is 0.104. The third-order valence-corrected chi connectivity index (χ3v) is 11.4. The maximum absolute atomic E-state index is 6.47. The molecule has 0 amide bonds. The smallest absolute Gasteiger partial charge is 0.238 e. The van der Waals surface area contributed by atoms with E-state index in [1.165, 1.54) is 33.0 Å². The van der Waals surface area contributed by atoms with E-state index < -0.39 is 0 Å². The molecule has 9 aromatic rings. The number of allylic oxidation sites excluding steroid dienone is 4. The van der Waals surface area contributed by atoms with Crippen LogP contribution >= 0.6 is 0 Å². The van der Waals surface area contributed by atoms with Crippen molar-refractivity contribution in [1.82, 2.24) is 19.5 Å². The van der Waals surface area contributed by atoms with Gasteiger partial charge in [0.15, 0.2) is 5.82 Å². The Hall–Kier alpha value is -6.59. The lowest BCUT2D eigenvalue weighted by Crippen LogP contribution is -2.15. The van der Waals surface area contributed by atoms with Crippen molar-refractivity contribution >= 4 is 43.7 Å². The second-order valence-electron chi connectivity index (χ2n) is 14.8. The Morgan fingerprint density at radius 3 is 2.26 bits per heavy atom. The number of aromatic nitrogens is 4. The molecular weight excluding hydrogens is 649 g/mol. The lowest BCUT2D eigenvalue weighted by Gasteiger charge is -2.22. The van der Waals surface area contributed by atoms with Crippen molar-refractivity contribution in [3.8, 4) is 39.6 Å². The van der Waals surface area contributed by atoms with Crippen molar-refractivity contribution in [2.45, 2.75) is 31.6 Å². The highest BCUT2D eigenvalue weighted by molar-refractivity contribution is 6.12. The predicted molar refractivity (Wildman–Crippen MR) is 216 cm³/mol. The number of hydrogen-bond donors (Lipinski definition) is 0. The molecule has 0 N–H and O–H groups in total. The third-order valence-electron chi connectivity index (χ3n) is 11.4. The highest BCUT2D eigenvalue weighted by Crippen LogP contribution is 2.52. The molecule has 2 aliphatic carbocycles. The van der Waals surface area contributed by atoms with Crippen molar-refractivity contribution in [2.75, 3.05) is 0 Å². The number of para-hydroxylation sites is 3. The second kappa shape index (κ2) is 11.2. The number of fused-ring (bicyclic) bond motifs is 9. The zero-order chi connectivity index (χ0) is 35.3. The molecule has 252 valence electrons. The molecule has 1 unspecified atom stereocenters. The van der Waals surface area contributed by atoms with Crippen LogP contribution in [0.25, 0.3) is 83.3 Å². The molecule has 0 aliphatic heterocycles. The highest BCUT2D eigenvalue weighted by Gasteiger charge is 2.37. The van der Waals surface area contributed by atoms with Gasteiger partial charge in [0.1, 0.15) is 17.0 Å². The van der Waals surface area contributed by atoms with Crippen LogP contribution in [0.3, 0.4) is 0 Å². The summed E-state index contributed by atoms with van der Waals surface area (Å²) in [4.78, 5) is 15.4. The molecule has 5 nitrogen and oxygen atoms in total. The van der Waals surface area contributed by atoms with E-state index in [2.05, 4.69) is 140 Å². The monoisotopic (exact) mass is 682 g/mol. The molecule has 0 fully saturated rings.